The molecule has 0 amide bonds. The first-order chi connectivity index (χ1) is 16.7. The van der Waals surface area contributed by atoms with E-state index in [0.717, 1.165) is 16.9 Å². The van der Waals surface area contributed by atoms with Crippen LogP contribution in [-0.4, -0.2) is 15.8 Å². The van der Waals surface area contributed by atoms with E-state index < -0.39 is 4.92 Å². The van der Waals surface area contributed by atoms with Gasteiger partial charge < -0.3 is 4.42 Å². The van der Waals surface area contributed by atoms with Crippen LogP contribution in [0.2, 0.25) is 0 Å². The van der Waals surface area contributed by atoms with Gasteiger partial charge in [-0.3, -0.25) is 10.1 Å². The van der Waals surface area contributed by atoms with Gasteiger partial charge in [-0.15, -0.1) is 11.3 Å². The van der Waals surface area contributed by atoms with Crippen molar-refractivity contribution in [3.8, 4) is 11.3 Å². The molecule has 2 aromatic heterocycles. The van der Waals surface area contributed by atoms with Crippen molar-refractivity contribution in [1.29, 1.82) is 0 Å². The van der Waals surface area contributed by atoms with E-state index in [-0.39, 0.29) is 5.88 Å². The zero-order chi connectivity index (χ0) is 23.3. The number of furan rings is 1. The minimum atomic E-state index is -0.565. The number of para-hydroxylation sites is 1. The third-order valence-corrected chi connectivity index (χ3v) is 6.86. The van der Waals surface area contributed by atoms with Crippen LogP contribution in [0, 0.1) is 10.1 Å². The Kier molecular flexibility index (Phi) is 6.49. The van der Waals surface area contributed by atoms with Gasteiger partial charge in [-0.05, 0) is 42.5 Å². The molecule has 5 rings (SSSR count). The summed E-state index contributed by atoms with van der Waals surface area (Å²) in [5.41, 5.74) is 4.15. The van der Waals surface area contributed by atoms with Gasteiger partial charge in [0.15, 0.2) is 5.76 Å². The summed E-state index contributed by atoms with van der Waals surface area (Å²) in [4.78, 5) is 15.8. The fourth-order valence-electron chi connectivity index (χ4n) is 4.29. The molecule has 2 heterocycles. The average molecular weight is 473 g/mol. The average Bonchev–Trinajstić information content (AvgIpc) is 3.51. The summed E-state index contributed by atoms with van der Waals surface area (Å²) in [7, 11) is 0. The van der Waals surface area contributed by atoms with Gasteiger partial charge in [0.1, 0.15) is 4.92 Å². The van der Waals surface area contributed by atoms with Crippen LogP contribution >= 0.6 is 11.3 Å². The normalized spacial score (nSPS) is 15.2. The van der Waals surface area contributed by atoms with Crippen molar-refractivity contribution in [3.63, 3.8) is 0 Å². The lowest BCUT2D eigenvalue weighted by molar-refractivity contribution is -0.402. The van der Waals surface area contributed by atoms with Crippen molar-refractivity contribution in [1.82, 2.24) is 4.68 Å². The maximum Gasteiger partial charge on any atom is 0.433 e. The Morgan fingerprint density at radius 2 is 1.76 bits per heavy atom. The van der Waals surface area contributed by atoms with Crippen LogP contribution in [0.4, 0.5) is 11.6 Å². The molecule has 4 aromatic rings. The number of thiazole rings is 1. The summed E-state index contributed by atoms with van der Waals surface area (Å²) >= 11 is 1.49. The van der Waals surface area contributed by atoms with E-state index in [1.54, 1.807) is 4.68 Å². The standard InChI is InChI=1S/C26H24N4O3S/c31-30(32)25-16-15-23(33-25)17-27-29-24(18-34-26(29)28-22-9-5-2-6-10-22)21-13-11-20(12-14-21)19-7-3-1-4-8-19/h2,5-6,9-19H,1,3-4,7-8H2. The van der Waals surface area contributed by atoms with Crippen molar-refractivity contribution in [2.24, 2.45) is 10.1 Å². The highest BCUT2D eigenvalue weighted by atomic mass is 32.1. The van der Waals surface area contributed by atoms with E-state index >= 15 is 0 Å². The Morgan fingerprint density at radius 1 is 1.00 bits per heavy atom. The van der Waals surface area contributed by atoms with Crippen molar-refractivity contribution >= 4 is 29.1 Å². The molecule has 172 valence electrons. The van der Waals surface area contributed by atoms with Crippen molar-refractivity contribution < 1.29 is 9.34 Å². The van der Waals surface area contributed by atoms with Gasteiger partial charge in [-0.1, -0.05) is 61.7 Å². The largest absolute Gasteiger partial charge is 0.433 e. The van der Waals surface area contributed by atoms with E-state index in [4.69, 9.17) is 9.41 Å². The molecule has 34 heavy (non-hydrogen) atoms. The van der Waals surface area contributed by atoms with Gasteiger partial charge in [-0.25, -0.2) is 9.67 Å². The predicted octanol–water partition coefficient (Wildman–Crippen LogP) is 6.88. The maximum atomic E-state index is 10.9. The number of hydrogen-bond acceptors (Lipinski definition) is 6. The molecule has 0 aliphatic heterocycles. The van der Waals surface area contributed by atoms with E-state index in [0.29, 0.717) is 16.5 Å². The Morgan fingerprint density at radius 3 is 2.47 bits per heavy atom. The van der Waals surface area contributed by atoms with Crippen LogP contribution in [-0.2, 0) is 0 Å². The summed E-state index contributed by atoms with van der Waals surface area (Å²) in [6, 6.07) is 21.3. The third-order valence-electron chi connectivity index (χ3n) is 6.04. The van der Waals surface area contributed by atoms with Gasteiger partial charge in [-0.2, -0.15) is 5.10 Å². The summed E-state index contributed by atoms with van der Waals surface area (Å²) in [5, 5.41) is 17.5. The molecule has 0 saturated heterocycles. The molecule has 1 saturated carbocycles. The number of nitrogens with zero attached hydrogens (tertiary/aromatic N) is 4. The number of nitro groups is 1. The fourth-order valence-corrected chi connectivity index (χ4v) is 5.14. The number of aromatic nitrogens is 1. The molecule has 1 fully saturated rings. The lowest BCUT2D eigenvalue weighted by atomic mass is 9.84. The molecule has 0 atom stereocenters. The summed E-state index contributed by atoms with van der Waals surface area (Å²) in [6.07, 6.45) is 7.95. The molecule has 0 bridgehead atoms. The van der Waals surface area contributed by atoms with Gasteiger partial charge in [0, 0.05) is 10.9 Å². The van der Waals surface area contributed by atoms with Gasteiger partial charge in [0.05, 0.1) is 23.7 Å². The number of rotatable bonds is 6. The Hall–Kier alpha value is -3.78. The van der Waals surface area contributed by atoms with E-state index in [1.165, 1.54) is 67.4 Å². The summed E-state index contributed by atoms with van der Waals surface area (Å²) in [6.45, 7) is 0. The van der Waals surface area contributed by atoms with Crippen LogP contribution in [0.5, 0.6) is 0 Å². The molecule has 2 aromatic carbocycles. The highest BCUT2D eigenvalue weighted by Gasteiger charge is 2.16. The van der Waals surface area contributed by atoms with E-state index in [2.05, 4.69) is 29.4 Å². The Bertz CT molecular complexity index is 1360. The summed E-state index contributed by atoms with van der Waals surface area (Å²) < 4.78 is 6.99. The van der Waals surface area contributed by atoms with Crippen LogP contribution < -0.4 is 4.80 Å². The maximum absolute atomic E-state index is 10.9. The molecular formula is C26H24N4O3S. The first-order valence-electron chi connectivity index (χ1n) is 11.4. The van der Waals surface area contributed by atoms with Gasteiger partial charge >= 0.3 is 5.88 Å². The SMILES string of the molecule is O=[N+]([O-])c1ccc(C=Nn2c(-c3ccc(C4CCCCC4)cc3)csc2=Nc2ccccc2)o1. The number of hydrogen-bond donors (Lipinski definition) is 0. The molecule has 0 radical (unpaired) electrons. The molecule has 0 unspecified atom stereocenters. The second-order valence-electron chi connectivity index (χ2n) is 8.30. The Balaban J connectivity index is 1.52. The molecule has 1 aliphatic carbocycles. The van der Waals surface area contributed by atoms with E-state index in [9.17, 15) is 10.1 Å². The zero-order valence-electron chi connectivity index (χ0n) is 18.5. The van der Waals surface area contributed by atoms with Gasteiger partial charge in [0.25, 0.3) is 0 Å². The second-order valence-corrected chi connectivity index (χ2v) is 9.13. The molecule has 8 heteroatoms. The second kappa shape index (κ2) is 10.0. The lowest BCUT2D eigenvalue weighted by Gasteiger charge is -2.22. The lowest BCUT2D eigenvalue weighted by Crippen LogP contribution is -2.11. The molecule has 0 spiro atoms. The smallest absolute Gasteiger partial charge is 0.400 e. The first kappa shape index (κ1) is 22.0. The van der Waals surface area contributed by atoms with Crippen molar-refractivity contribution in [2.75, 3.05) is 0 Å². The monoisotopic (exact) mass is 472 g/mol. The van der Waals surface area contributed by atoms with E-state index in [1.807, 2.05) is 35.7 Å². The van der Waals surface area contributed by atoms with Crippen LogP contribution in [0.3, 0.4) is 0 Å². The highest BCUT2D eigenvalue weighted by Crippen LogP contribution is 2.33. The summed E-state index contributed by atoms with van der Waals surface area (Å²) in [5.74, 6) is 0.632. The molecule has 1 aliphatic rings. The minimum absolute atomic E-state index is 0.301. The minimum Gasteiger partial charge on any atom is -0.400 e. The van der Waals surface area contributed by atoms with Crippen LogP contribution in [0.15, 0.2) is 86.6 Å². The molecule has 0 N–H and O–H groups in total. The van der Waals surface area contributed by atoms with Crippen molar-refractivity contribution in [3.05, 3.63) is 98.3 Å². The first-order valence-corrected chi connectivity index (χ1v) is 12.2. The number of benzene rings is 2. The quantitative estimate of drug-likeness (QED) is 0.174. The Labute approximate surface area is 200 Å². The topological polar surface area (TPSA) is 85.9 Å². The van der Waals surface area contributed by atoms with Crippen molar-refractivity contribution in [2.45, 2.75) is 38.0 Å². The highest BCUT2D eigenvalue weighted by molar-refractivity contribution is 7.07. The van der Waals surface area contributed by atoms with Crippen LogP contribution in [0.1, 0.15) is 49.3 Å². The zero-order valence-corrected chi connectivity index (χ0v) is 19.4. The van der Waals surface area contributed by atoms with Crippen LogP contribution in [0.25, 0.3) is 11.3 Å². The molecular weight excluding hydrogens is 448 g/mol. The molecule has 7 nitrogen and oxygen atoms in total. The fraction of sp³-hybridized carbons (Fsp3) is 0.231. The third kappa shape index (κ3) is 4.92. The predicted molar refractivity (Wildman–Crippen MR) is 134 cm³/mol. The van der Waals surface area contributed by atoms with Gasteiger partial charge in [0.2, 0.25) is 4.80 Å².